The maximum Gasteiger partial charge on any atom is 0.318 e. The molecule has 0 aliphatic carbocycles. The molecule has 0 fully saturated rings. The second-order valence-corrected chi connectivity index (χ2v) is 7.91. The van der Waals surface area contributed by atoms with E-state index >= 15 is 0 Å². The summed E-state index contributed by atoms with van der Waals surface area (Å²) < 4.78 is 10.5. The van der Waals surface area contributed by atoms with Gasteiger partial charge in [0.15, 0.2) is 0 Å². The Labute approximate surface area is 172 Å². The van der Waals surface area contributed by atoms with Crippen LogP contribution in [0.15, 0.2) is 53.1 Å². The molecule has 0 spiro atoms. The van der Waals surface area contributed by atoms with Crippen LogP contribution in [0.4, 0.5) is 4.79 Å². The van der Waals surface area contributed by atoms with Crippen molar-refractivity contribution in [3.8, 4) is 0 Å². The van der Waals surface area contributed by atoms with E-state index < -0.39 is 5.54 Å². The summed E-state index contributed by atoms with van der Waals surface area (Å²) in [7, 11) is 1.57. The van der Waals surface area contributed by atoms with Crippen molar-refractivity contribution in [2.24, 2.45) is 0 Å². The summed E-state index contributed by atoms with van der Waals surface area (Å²) in [6.45, 7) is 7.10. The number of urea groups is 1. The molecule has 29 heavy (non-hydrogen) atoms. The fourth-order valence-electron chi connectivity index (χ4n) is 2.74. The van der Waals surface area contributed by atoms with Crippen LogP contribution in [0.1, 0.15) is 32.1 Å². The van der Waals surface area contributed by atoms with Crippen LogP contribution in [-0.4, -0.2) is 54.1 Å². The van der Waals surface area contributed by atoms with Crippen LogP contribution in [0.2, 0.25) is 0 Å². The molecule has 2 rings (SSSR count). The zero-order chi connectivity index (χ0) is 21.3. The molecule has 0 aliphatic rings. The number of methoxy groups -OCH3 is 1. The minimum Gasteiger partial charge on any atom is -0.467 e. The second-order valence-electron chi connectivity index (χ2n) is 7.91. The van der Waals surface area contributed by atoms with Gasteiger partial charge in [0, 0.05) is 25.7 Å². The molecule has 0 saturated heterocycles. The standard InChI is InChI=1S/C22H31N3O4/c1-22(2,3)23-21(27)24(12-14-28-4)17-20(26)25(16-19-11-8-13-29-19)15-18-9-6-5-7-10-18/h5-11,13H,12,14-17H2,1-4H3,(H,23,27). The van der Waals surface area contributed by atoms with Crippen LogP contribution < -0.4 is 5.32 Å². The first kappa shape index (κ1) is 22.5. The minimum absolute atomic E-state index is 0.0428. The number of nitrogens with zero attached hydrogens (tertiary/aromatic N) is 2. The molecule has 1 N–H and O–H groups in total. The Morgan fingerprint density at radius 3 is 2.34 bits per heavy atom. The van der Waals surface area contributed by atoms with Gasteiger partial charge in [-0.05, 0) is 38.5 Å². The average molecular weight is 402 g/mol. The van der Waals surface area contributed by atoms with E-state index in [1.165, 1.54) is 4.90 Å². The van der Waals surface area contributed by atoms with Crippen molar-refractivity contribution >= 4 is 11.9 Å². The fraction of sp³-hybridized carbons (Fsp3) is 0.455. The summed E-state index contributed by atoms with van der Waals surface area (Å²) in [6.07, 6.45) is 1.59. The van der Waals surface area contributed by atoms with Gasteiger partial charge in [0.1, 0.15) is 12.3 Å². The molecule has 1 aromatic carbocycles. The molecule has 2 aromatic rings. The first-order valence-electron chi connectivity index (χ1n) is 9.68. The van der Waals surface area contributed by atoms with E-state index in [2.05, 4.69) is 5.32 Å². The van der Waals surface area contributed by atoms with Gasteiger partial charge < -0.3 is 24.3 Å². The predicted molar refractivity (Wildman–Crippen MR) is 111 cm³/mol. The number of rotatable bonds is 9. The van der Waals surface area contributed by atoms with Crippen LogP contribution in [0.25, 0.3) is 0 Å². The summed E-state index contributed by atoms with van der Waals surface area (Å²) in [6, 6.07) is 13.1. The highest BCUT2D eigenvalue weighted by Gasteiger charge is 2.24. The first-order chi connectivity index (χ1) is 13.8. The number of benzene rings is 1. The van der Waals surface area contributed by atoms with E-state index in [4.69, 9.17) is 9.15 Å². The Balaban J connectivity index is 2.14. The molecule has 7 nitrogen and oxygen atoms in total. The number of ether oxygens (including phenoxy) is 1. The maximum atomic E-state index is 13.1. The van der Waals surface area contributed by atoms with E-state index in [9.17, 15) is 9.59 Å². The summed E-state index contributed by atoms with van der Waals surface area (Å²) >= 11 is 0. The largest absolute Gasteiger partial charge is 0.467 e. The number of carbonyl (C=O) groups is 2. The highest BCUT2D eigenvalue weighted by molar-refractivity contribution is 5.84. The summed E-state index contributed by atoms with van der Waals surface area (Å²) in [5, 5.41) is 2.91. The zero-order valence-electron chi connectivity index (χ0n) is 17.7. The molecule has 158 valence electrons. The lowest BCUT2D eigenvalue weighted by Crippen LogP contribution is -2.52. The molecule has 7 heteroatoms. The molecule has 0 atom stereocenters. The molecule has 0 radical (unpaired) electrons. The number of furan rings is 1. The van der Waals surface area contributed by atoms with Crippen molar-refractivity contribution in [1.82, 2.24) is 15.1 Å². The van der Waals surface area contributed by atoms with Crippen molar-refractivity contribution in [3.05, 3.63) is 60.1 Å². The fourth-order valence-corrected chi connectivity index (χ4v) is 2.74. The highest BCUT2D eigenvalue weighted by atomic mass is 16.5. The van der Waals surface area contributed by atoms with Gasteiger partial charge in [-0.2, -0.15) is 0 Å². The van der Waals surface area contributed by atoms with Crippen LogP contribution in [0.5, 0.6) is 0 Å². The van der Waals surface area contributed by atoms with Crippen molar-refractivity contribution in [2.45, 2.75) is 39.4 Å². The van der Waals surface area contributed by atoms with Crippen LogP contribution in [0.3, 0.4) is 0 Å². The van der Waals surface area contributed by atoms with E-state index in [1.54, 1.807) is 24.3 Å². The van der Waals surface area contributed by atoms with Crippen molar-refractivity contribution in [1.29, 1.82) is 0 Å². The quantitative estimate of drug-likeness (QED) is 0.700. The Hall–Kier alpha value is -2.80. The number of hydrogen-bond donors (Lipinski definition) is 1. The molecule has 1 heterocycles. The predicted octanol–water partition coefficient (Wildman–Crippen LogP) is 3.26. The monoisotopic (exact) mass is 401 g/mol. The van der Waals surface area contributed by atoms with Crippen molar-refractivity contribution < 1.29 is 18.7 Å². The van der Waals surface area contributed by atoms with E-state index in [0.717, 1.165) is 5.56 Å². The topological polar surface area (TPSA) is 75.0 Å². The Bertz CT molecular complexity index is 754. The van der Waals surface area contributed by atoms with E-state index in [-0.39, 0.29) is 18.5 Å². The lowest BCUT2D eigenvalue weighted by Gasteiger charge is -2.30. The van der Waals surface area contributed by atoms with Gasteiger partial charge in [-0.15, -0.1) is 0 Å². The van der Waals surface area contributed by atoms with Gasteiger partial charge in [-0.25, -0.2) is 4.79 Å². The molecule has 0 bridgehead atoms. The molecular weight excluding hydrogens is 370 g/mol. The normalized spacial score (nSPS) is 11.2. The number of hydrogen-bond acceptors (Lipinski definition) is 4. The first-order valence-corrected chi connectivity index (χ1v) is 9.68. The third-order valence-corrected chi connectivity index (χ3v) is 4.16. The summed E-state index contributed by atoms with van der Waals surface area (Å²) in [4.78, 5) is 29.0. The van der Waals surface area contributed by atoms with Gasteiger partial charge >= 0.3 is 6.03 Å². The number of carbonyl (C=O) groups excluding carboxylic acids is 2. The number of amides is 3. The van der Waals surface area contributed by atoms with E-state index in [0.29, 0.717) is 32.0 Å². The lowest BCUT2D eigenvalue weighted by atomic mass is 10.1. The average Bonchev–Trinajstić information content (AvgIpc) is 3.17. The molecule has 1 aromatic heterocycles. The Morgan fingerprint density at radius 2 is 1.76 bits per heavy atom. The third-order valence-electron chi connectivity index (χ3n) is 4.16. The van der Waals surface area contributed by atoms with Gasteiger partial charge in [0.05, 0.1) is 19.4 Å². The highest BCUT2D eigenvalue weighted by Crippen LogP contribution is 2.12. The van der Waals surface area contributed by atoms with Crippen molar-refractivity contribution in [2.75, 3.05) is 26.8 Å². The summed E-state index contributed by atoms with van der Waals surface area (Å²) in [5.41, 5.74) is 0.610. The van der Waals surface area contributed by atoms with Crippen LogP contribution >= 0.6 is 0 Å². The Morgan fingerprint density at radius 1 is 1.03 bits per heavy atom. The molecule has 0 unspecified atom stereocenters. The van der Waals surface area contributed by atoms with Crippen molar-refractivity contribution in [3.63, 3.8) is 0 Å². The molecule has 0 saturated carbocycles. The third kappa shape index (κ3) is 7.99. The van der Waals surface area contributed by atoms with Crippen LogP contribution in [-0.2, 0) is 22.6 Å². The minimum atomic E-state index is -0.399. The SMILES string of the molecule is COCCN(CC(=O)N(Cc1ccccc1)Cc1ccco1)C(=O)NC(C)(C)C. The zero-order valence-corrected chi connectivity index (χ0v) is 17.7. The van der Waals surface area contributed by atoms with Gasteiger partial charge in [0.2, 0.25) is 5.91 Å². The smallest absolute Gasteiger partial charge is 0.318 e. The summed E-state index contributed by atoms with van der Waals surface area (Å²) in [5.74, 6) is 0.530. The van der Waals surface area contributed by atoms with Gasteiger partial charge in [0.25, 0.3) is 0 Å². The van der Waals surface area contributed by atoms with Gasteiger partial charge in [-0.1, -0.05) is 30.3 Å². The van der Waals surface area contributed by atoms with Gasteiger partial charge in [-0.3, -0.25) is 4.79 Å². The van der Waals surface area contributed by atoms with E-state index in [1.807, 2.05) is 57.2 Å². The Kier molecular flexibility index (Phi) is 8.27. The molecular formula is C22H31N3O4. The molecule has 0 aliphatic heterocycles. The number of nitrogens with one attached hydrogen (secondary N) is 1. The maximum absolute atomic E-state index is 13.1. The second kappa shape index (κ2) is 10.7. The van der Waals surface area contributed by atoms with Crippen LogP contribution in [0, 0.1) is 0 Å². The molecule has 3 amide bonds. The lowest BCUT2D eigenvalue weighted by molar-refractivity contribution is -0.133.